The molecule has 3 aromatic carbocycles. The van der Waals surface area contributed by atoms with Gasteiger partial charge in [-0.15, -0.1) is 0 Å². The van der Waals surface area contributed by atoms with Crippen LogP contribution in [0.5, 0.6) is 5.75 Å². The monoisotopic (exact) mass is 455 g/mol. The van der Waals surface area contributed by atoms with Gasteiger partial charge in [-0.25, -0.2) is 4.79 Å². The molecule has 0 spiro atoms. The number of benzene rings is 3. The Morgan fingerprint density at radius 3 is 2.32 bits per heavy atom. The molecule has 0 saturated carbocycles. The van der Waals surface area contributed by atoms with E-state index >= 15 is 0 Å². The van der Waals surface area contributed by atoms with Gasteiger partial charge in [0.05, 0.1) is 24.3 Å². The SMILES string of the molecule is COc1ccc([C@H]2C(C(=O)/C=C/c3ccccc3)=C(O)C(=O)N2c2cccc(C(=O)O)c2)cc1. The van der Waals surface area contributed by atoms with E-state index in [1.165, 1.54) is 36.3 Å². The summed E-state index contributed by atoms with van der Waals surface area (Å²) < 4.78 is 5.20. The number of ether oxygens (including phenoxy) is 1. The molecule has 0 aliphatic carbocycles. The Hall–Kier alpha value is -4.65. The maximum atomic E-state index is 13.2. The van der Waals surface area contributed by atoms with E-state index in [1.807, 2.05) is 30.3 Å². The molecule has 0 fully saturated rings. The van der Waals surface area contributed by atoms with Crippen molar-refractivity contribution in [2.75, 3.05) is 12.0 Å². The number of nitrogens with zero attached hydrogens (tertiary/aromatic N) is 1. The molecule has 0 aromatic heterocycles. The third-order valence-electron chi connectivity index (χ3n) is 5.50. The highest BCUT2D eigenvalue weighted by molar-refractivity contribution is 6.20. The standard InChI is InChI=1S/C27H21NO6/c1-34-21-13-11-18(12-14-21)24-23(22(29)15-10-17-6-3-2-4-7-17)25(30)26(31)28(24)20-9-5-8-19(16-20)27(32)33/h2-16,24,30H,1H3,(H,32,33)/b15-10+/t24-/m0/s1. The Kier molecular flexibility index (Phi) is 6.27. The minimum atomic E-state index is -1.16. The molecule has 7 nitrogen and oxygen atoms in total. The van der Waals surface area contributed by atoms with Gasteiger partial charge in [0.15, 0.2) is 11.5 Å². The number of carbonyl (C=O) groups is 3. The summed E-state index contributed by atoms with van der Waals surface area (Å²) in [6.45, 7) is 0. The molecule has 0 bridgehead atoms. The zero-order chi connectivity index (χ0) is 24.2. The Morgan fingerprint density at radius 2 is 1.68 bits per heavy atom. The lowest BCUT2D eigenvalue weighted by Crippen LogP contribution is -2.31. The van der Waals surface area contributed by atoms with Gasteiger partial charge in [-0.05, 0) is 47.5 Å². The quantitative estimate of drug-likeness (QED) is 0.506. The first kappa shape index (κ1) is 22.5. The molecular weight excluding hydrogens is 434 g/mol. The van der Waals surface area contributed by atoms with Crippen LogP contribution in [0.2, 0.25) is 0 Å². The maximum Gasteiger partial charge on any atom is 0.335 e. The molecule has 7 heteroatoms. The number of hydrogen-bond donors (Lipinski definition) is 2. The third-order valence-corrected chi connectivity index (χ3v) is 5.50. The second-order valence-corrected chi connectivity index (χ2v) is 7.58. The topological polar surface area (TPSA) is 104 Å². The fourth-order valence-electron chi connectivity index (χ4n) is 3.84. The molecule has 1 amide bonds. The lowest BCUT2D eigenvalue weighted by Gasteiger charge is -2.27. The molecule has 1 aliphatic rings. The van der Waals surface area contributed by atoms with Crippen LogP contribution in [-0.4, -0.2) is 35.0 Å². The van der Waals surface area contributed by atoms with Gasteiger partial charge >= 0.3 is 5.97 Å². The lowest BCUT2D eigenvalue weighted by molar-refractivity contribution is -0.117. The van der Waals surface area contributed by atoms with Gasteiger partial charge in [-0.3, -0.25) is 14.5 Å². The van der Waals surface area contributed by atoms with Crippen LogP contribution in [0.3, 0.4) is 0 Å². The molecule has 1 atom stereocenters. The number of anilines is 1. The highest BCUT2D eigenvalue weighted by Gasteiger charge is 2.43. The normalized spacial score (nSPS) is 15.7. The molecule has 0 unspecified atom stereocenters. The Morgan fingerprint density at radius 1 is 0.971 bits per heavy atom. The van der Waals surface area contributed by atoms with E-state index in [1.54, 1.807) is 36.4 Å². The summed E-state index contributed by atoms with van der Waals surface area (Å²) in [5, 5.41) is 20.1. The van der Waals surface area contributed by atoms with Crippen LogP contribution < -0.4 is 9.64 Å². The van der Waals surface area contributed by atoms with Gasteiger partial charge in [0.1, 0.15) is 5.75 Å². The minimum absolute atomic E-state index is 0.0259. The number of aromatic carboxylic acids is 1. The van der Waals surface area contributed by atoms with Crippen LogP contribution in [0.25, 0.3) is 6.08 Å². The van der Waals surface area contributed by atoms with Crippen LogP contribution in [0.15, 0.2) is 96.3 Å². The lowest BCUT2D eigenvalue weighted by atomic mass is 9.95. The molecule has 0 radical (unpaired) electrons. The second-order valence-electron chi connectivity index (χ2n) is 7.58. The van der Waals surface area contributed by atoms with Crippen molar-refractivity contribution >= 4 is 29.4 Å². The van der Waals surface area contributed by atoms with E-state index < -0.39 is 29.5 Å². The molecule has 2 N–H and O–H groups in total. The summed E-state index contributed by atoms with van der Waals surface area (Å²) in [4.78, 5) is 39.1. The predicted molar refractivity (Wildman–Crippen MR) is 127 cm³/mol. The van der Waals surface area contributed by atoms with Crippen molar-refractivity contribution in [2.45, 2.75) is 6.04 Å². The van der Waals surface area contributed by atoms with Crippen molar-refractivity contribution in [2.24, 2.45) is 0 Å². The van der Waals surface area contributed by atoms with E-state index in [2.05, 4.69) is 0 Å². The molecular formula is C27H21NO6. The number of aliphatic hydroxyl groups excluding tert-OH is 1. The third kappa shape index (κ3) is 4.31. The molecule has 1 aliphatic heterocycles. The summed E-state index contributed by atoms with van der Waals surface area (Å²) in [7, 11) is 1.52. The Balaban J connectivity index is 1.80. The maximum absolute atomic E-state index is 13.2. The Labute approximate surface area is 195 Å². The van der Waals surface area contributed by atoms with E-state index in [0.717, 1.165) is 5.56 Å². The Bertz CT molecular complexity index is 1310. The second kappa shape index (κ2) is 9.46. The zero-order valence-electron chi connectivity index (χ0n) is 18.2. The van der Waals surface area contributed by atoms with Crippen molar-refractivity contribution in [1.29, 1.82) is 0 Å². The van der Waals surface area contributed by atoms with Crippen molar-refractivity contribution in [3.8, 4) is 5.75 Å². The number of rotatable bonds is 7. The number of allylic oxidation sites excluding steroid dienone is 1. The van der Waals surface area contributed by atoms with Crippen molar-refractivity contribution < 1.29 is 29.3 Å². The number of ketones is 1. The first-order chi connectivity index (χ1) is 16.4. The average molecular weight is 455 g/mol. The number of hydrogen-bond acceptors (Lipinski definition) is 5. The van der Waals surface area contributed by atoms with E-state index in [-0.39, 0.29) is 16.8 Å². The van der Waals surface area contributed by atoms with E-state index in [9.17, 15) is 24.6 Å². The van der Waals surface area contributed by atoms with Crippen LogP contribution in [-0.2, 0) is 9.59 Å². The van der Waals surface area contributed by atoms with Gasteiger partial charge in [-0.2, -0.15) is 0 Å². The number of aliphatic hydroxyl groups is 1. The average Bonchev–Trinajstić information content (AvgIpc) is 3.13. The molecule has 4 rings (SSSR count). The summed E-state index contributed by atoms with van der Waals surface area (Å²) in [5.41, 5.74) is 1.46. The van der Waals surface area contributed by atoms with Gasteiger partial charge in [0, 0.05) is 5.69 Å². The number of carbonyl (C=O) groups excluding carboxylic acids is 2. The summed E-state index contributed by atoms with van der Waals surface area (Å²) in [5.74, 6) is -2.58. The predicted octanol–water partition coefficient (Wildman–Crippen LogP) is 4.58. The van der Waals surface area contributed by atoms with Crippen LogP contribution in [0, 0.1) is 0 Å². The number of amides is 1. The zero-order valence-corrected chi connectivity index (χ0v) is 18.2. The summed E-state index contributed by atoms with van der Waals surface area (Å²) >= 11 is 0. The molecule has 3 aromatic rings. The largest absolute Gasteiger partial charge is 0.503 e. The highest BCUT2D eigenvalue weighted by atomic mass is 16.5. The highest BCUT2D eigenvalue weighted by Crippen LogP contribution is 2.41. The number of carboxylic acid groups (broad SMARTS) is 1. The molecule has 34 heavy (non-hydrogen) atoms. The minimum Gasteiger partial charge on any atom is -0.503 e. The number of carboxylic acids is 1. The first-order valence-electron chi connectivity index (χ1n) is 10.4. The van der Waals surface area contributed by atoms with Crippen molar-refractivity contribution in [1.82, 2.24) is 0 Å². The molecule has 0 saturated heterocycles. The number of methoxy groups -OCH3 is 1. The van der Waals surface area contributed by atoms with Gasteiger partial charge in [0.25, 0.3) is 5.91 Å². The smallest absolute Gasteiger partial charge is 0.335 e. The van der Waals surface area contributed by atoms with Gasteiger partial charge in [-0.1, -0.05) is 54.6 Å². The summed E-state index contributed by atoms with van der Waals surface area (Å²) in [6.07, 6.45) is 2.91. The van der Waals surface area contributed by atoms with Crippen LogP contribution in [0.4, 0.5) is 5.69 Å². The molecule has 170 valence electrons. The van der Waals surface area contributed by atoms with Gasteiger partial charge in [0.2, 0.25) is 0 Å². The first-order valence-corrected chi connectivity index (χ1v) is 10.4. The van der Waals surface area contributed by atoms with Crippen LogP contribution >= 0.6 is 0 Å². The fourth-order valence-corrected chi connectivity index (χ4v) is 3.84. The van der Waals surface area contributed by atoms with Crippen LogP contribution in [0.1, 0.15) is 27.5 Å². The van der Waals surface area contributed by atoms with E-state index in [0.29, 0.717) is 11.3 Å². The molecule has 1 heterocycles. The van der Waals surface area contributed by atoms with Crippen molar-refractivity contribution in [3.05, 3.63) is 113 Å². The van der Waals surface area contributed by atoms with Crippen molar-refractivity contribution in [3.63, 3.8) is 0 Å². The summed E-state index contributed by atoms with van der Waals surface area (Å²) in [6, 6.07) is 20.7. The fraction of sp³-hybridized carbons (Fsp3) is 0.0741. The van der Waals surface area contributed by atoms with E-state index in [4.69, 9.17) is 4.74 Å². The van der Waals surface area contributed by atoms with Gasteiger partial charge < -0.3 is 14.9 Å².